The van der Waals surface area contributed by atoms with E-state index in [4.69, 9.17) is 17.3 Å². The highest BCUT2D eigenvalue weighted by molar-refractivity contribution is 6.31. The fourth-order valence-electron chi connectivity index (χ4n) is 2.30. The van der Waals surface area contributed by atoms with Crippen LogP contribution in [0.2, 0.25) is 5.02 Å². The number of aryl methyl sites for hydroxylation is 1. The molecule has 3 rings (SSSR count). The van der Waals surface area contributed by atoms with Crippen molar-refractivity contribution in [3.8, 4) is 0 Å². The van der Waals surface area contributed by atoms with Crippen LogP contribution in [-0.4, -0.2) is 10.1 Å². The number of hydrogen-bond donors (Lipinski definition) is 1. The fraction of sp³-hybridized carbons (Fsp3) is 0.385. The number of hydrogen-bond acceptors (Lipinski definition) is 1. The molecule has 1 aromatic heterocycles. The third kappa shape index (κ3) is 1.62. The summed E-state index contributed by atoms with van der Waals surface area (Å²) in [7, 11) is 2.05. The number of halogens is 1. The number of nitrogens with zero attached hydrogens (tertiary/aromatic N) is 1. The molecule has 2 nitrogen and oxygen atoms in total. The van der Waals surface area contributed by atoms with Crippen molar-refractivity contribution in [1.29, 1.82) is 0 Å². The number of aromatic nitrogens is 1. The monoisotopic (exact) mass is 234 g/mol. The number of benzene rings is 1. The summed E-state index contributed by atoms with van der Waals surface area (Å²) in [5.74, 6) is 0. The summed E-state index contributed by atoms with van der Waals surface area (Å²) in [6.07, 6.45) is 5.45. The van der Waals surface area contributed by atoms with Crippen molar-refractivity contribution >= 4 is 22.5 Å². The summed E-state index contributed by atoms with van der Waals surface area (Å²) in [4.78, 5) is 0. The Morgan fingerprint density at radius 2 is 2.19 bits per heavy atom. The van der Waals surface area contributed by atoms with Crippen LogP contribution < -0.4 is 5.73 Å². The first kappa shape index (κ1) is 10.2. The van der Waals surface area contributed by atoms with Crippen LogP contribution in [0.1, 0.15) is 18.4 Å². The predicted octanol–water partition coefficient (Wildman–Crippen LogP) is 2.87. The summed E-state index contributed by atoms with van der Waals surface area (Å²) in [5.41, 5.74) is 8.77. The van der Waals surface area contributed by atoms with E-state index in [1.54, 1.807) is 0 Å². The van der Waals surface area contributed by atoms with Gasteiger partial charge in [-0.15, -0.1) is 0 Å². The van der Waals surface area contributed by atoms with E-state index in [0.717, 1.165) is 24.3 Å². The molecule has 0 aliphatic heterocycles. The standard InChI is InChI=1S/C13H15ClN2/c1-16-8-9(7-13(15)4-5-13)11-3-2-10(14)6-12(11)16/h2-3,6,8H,4-5,7,15H2,1H3. The molecule has 0 radical (unpaired) electrons. The fourth-order valence-corrected chi connectivity index (χ4v) is 2.46. The second-order valence-electron chi connectivity index (χ2n) is 4.97. The maximum atomic E-state index is 6.17. The molecule has 0 saturated heterocycles. The maximum Gasteiger partial charge on any atom is 0.0495 e. The lowest BCUT2D eigenvalue weighted by molar-refractivity contribution is 0.673. The molecule has 1 aromatic carbocycles. The Hall–Kier alpha value is -0.990. The van der Waals surface area contributed by atoms with E-state index in [9.17, 15) is 0 Å². The average molecular weight is 235 g/mol. The Labute approximate surface area is 100.0 Å². The van der Waals surface area contributed by atoms with Crippen LogP contribution in [0.4, 0.5) is 0 Å². The average Bonchev–Trinajstić information content (AvgIpc) is 2.87. The number of fused-ring (bicyclic) bond motifs is 1. The molecule has 0 spiro atoms. The Balaban J connectivity index is 2.11. The van der Waals surface area contributed by atoms with Crippen molar-refractivity contribution in [2.45, 2.75) is 24.8 Å². The van der Waals surface area contributed by atoms with E-state index in [-0.39, 0.29) is 5.54 Å². The van der Waals surface area contributed by atoms with E-state index in [2.05, 4.69) is 23.9 Å². The van der Waals surface area contributed by atoms with Gasteiger partial charge in [0.2, 0.25) is 0 Å². The molecule has 0 bridgehead atoms. The minimum atomic E-state index is 0.0634. The lowest BCUT2D eigenvalue weighted by atomic mass is 10.0. The van der Waals surface area contributed by atoms with Crippen molar-refractivity contribution in [3.63, 3.8) is 0 Å². The lowest BCUT2D eigenvalue weighted by Gasteiger charge is -2.06. The largest absolute Gasteiger partial charge is 0.350 e. The molecule has 1 heterocycles. The topological polar surface area (TPSA) is 30.9 Å². The molecule has 3 heteroatoms. The van der Waals surface area contributed by atoms with E-state index in [0.29, 0.717) is 0 Å². The molecule has 1 saturated carbocycles. The van der Waals surface area contributed by atoms with Crippen LogP contribution >= 0.6 is 11.6 Å². The highest BCUT2D eigenvalue weighted by Gasteiger charge is 2.38. The van der Waals surface area contributed by atoms with Gasteiger partial charge in [-0.25, -0.2) is 0 Å². The quantitative estimate of drug-likeness (QED) is 0.851. The summed E-state index contributed by atoms with van der Waals surface area (Å²) in [6.45, 7) is 0. The Kier molecular flexibility index (Phi) is 2.07. The van der Waals surface area contributed by atoms with Gasteiger partial charge >= 0.3 is 0 Å². The molecule has 2 N–H and O–H groups in total. The summed E-state index contributed by atoms with van der Waals surface area (Å²) >= 11 is 6.01. The number of nitrogens with two attached hydrogens (primary N) is 1. The zero-order valence-electron chi connectivity index (χ0n) is 9.33. The van der Waals surface area contributed by atoms with Crippen LogP contribution in [-0.2, 0) is 13.5 Å². The molecule has 0 amide bonds. The van der Waals surface area contributed by atoms with E-state index in [1.807, 2.05) is 12.1 Å². The SMILES string of the molecule is Cn1cc(CC2(N)CC2)c2ccc(Cl)cc21. The van der Waals surface area contributed by atoms with Crippen LogP contribution in [0.5, 0.6) is 0 Å². The Morgan fingerprint density at radius 1 is 1.44 bits per heavy atom. The molecule has 1 aliphatic rings. The smallest absolute Gasteiger partial charge is 0.0495 e. The lowest BCUT2D eigenvalue weighted by Crippen LogP contribution is -2.24. The summed E-state index contributed by atoms with van der Waals surface area (Å²) in [6, 6.07) is 6.05. The Bertz CT molecular complexity index is 552. The van der Waals surface area contributed by atoms with Crippen molar-refractivity contribution in [2.24, 2.45) is 12.8 Å². The first-order valence-electron chi connectivity index (χ1n) is 5.60. The second kappa shape index (κ2) is 3.25. The van der Waals surface area contributed by atoms with Gasteiger partial charge in [0.15, 0.2) is 0 Å². The minimum absolute atomic E-state index is 0.0634. The van der Waals surface area contributed by atoms with Crippen LogP contribution in [0.15, 0.2) is 24.4 Å². The van der Waals surface area contributed by atoms with Crippen molar-refractivity contribution in [2.75, 3.05) is 0 Å². The van der Waals surface area contributed by atoms with Gasteiger partial charge in [0.25, 0.3) is 0 Å². The molecular formula is C13H15ClN2. The summed E-state index contributed by atoms with van der Waals surface area (Å²) in [5, 5.41) is 2.07. The minimum Gasteiger partial charge on any atom is -0.350 e. The third-order valence-electron chi connectivity index (χ3n) is 3.47. The van der Waals surface area contributed by atoms with Gasteiger partial charge in [-0.3, -0.25) is 0 Å². The number of rotatable bonds is 2. The highest BCUT2D eigenvalue weighted by Crippen LogP contribution is 2.37. The molecule has 16 heavy (non-hydrogen) atoms. The van der Waals surface area contributed by atoms with Crippen molar-refractivity contribution < 1.29 is 0 Å². The van der Waals surface area contributed by atoms with Gasteiger partial charge in [0.05, 0.1) is 0 Å². The Morgan fingerprint density at radius 3 is 2.88 bits per heavy atom. The van der Waals surface area contributed by atoms with Crippen LogP contribution in [0.3, 0.4) is 0 Å². The van der Waals surface area contributed by atoms with Crippen LogP contribution in [0.25, 0.3) is 10.9 Å². The van der Waals surface area contributed by atoms with Crippen LogP contribution in [0, 0.1) is 0 Å². The van der Waals surface area contributed by atoms with Crippen molar-refractivity contribution in [3.05, 3.63) is 35.0 Å². The van der Waals surface area contributed by atoms with Gasteiger partial charge in [0.1, 0.15) is 0 Å². The molecule has 2 aromatic rings. The molecule has 1 aliphatic carbocycles. The van der Waals surface area contributed by atoms with Gasteiger partial charge in [-0.05, 0) is 37.0 Å². The third-order valence-corrected chi connectivity index (χ3v) is 3.71. The zero-order valence-corrected chi connectivity index (χ0v) is 10.1. The van der Waals surface area contributed by atoms with Gasteiger partial charge in [-0.1, -0.05) is 17.7 Å². The molecule has 0 atom stereocenters. The zero-order chi connectivity index (χ0) is 11.3. The van der Waals surface area contributed by atoms with E-state index in [1.165, 1.54) is 16.5 Å². The molecular weight excluding hydrogens is 220 g/mol. The highest BCUT2D eigenvalue weighted by atomic mass is 35.5. The first-order valence-corrected chi connectivity index (χ1v) is 5.98. The van der Waals surface area contributed by atoms with E-state index < -0.39 is 0 Å². The van der Waals surface area contributed by atoms with Gasteiger partial charge in [-0.2, -0.15) is 0 Å². The normalized spacial score (nSPS) is 17.9. The summed E-state index contributed by atoms with van der Waals surface area (Å²) < 4.78 is 2.13. The van der Waals surface area contributed by atoms with Gasteiger partial charge < -0.3 is 10.3 Å². The molecule has 84 valence electrons. The first-order chi connectivity index (χ1) is 7.57. The molecule has 1 fully saturated rings. The van der Waals surface area contributed by atoms with Crippen molar-refractivity contribution in [1.82, 2.24) is 4.57 Å². The second-order valence-corrected chi connectivity index (χ2v) is 5.40. The van der Waals surface area contributed by atoms with Gasteiger partial charge in [0, 0.05) is 34.7 Å². The molecule has 0 unspecified atom stereocenters. The maximum absolute atomic E-state index is 6.17. The predicted molar refractivity (Wildman–Crippen MR) is 67.8 cm³/mol. The van der Waals surface area contributed by atoms with E-state index >= 15 is 0 Å².